The van der Waals surface area contributed by atoms with Crippen LogP contribution < -0.4 is 4.74 Å². The molecule has 1 N–H and O–H groups in total. The van der Waals surface area contributed by atoms with Crippen molar-refractivity contribution in [3.63, 3.8) is 0 Å². The molecule has 0 heterocycles. The summed E-state index contributed by atoms with van der Waals surface area (Å²) < 4.78 is 31.2. The highest BCUT2D eigenvalue weighted by Gasteiger charge is 2.17. The van der Waals surface area contributed by atoms with Gasteiger partial charge in [0, 0.05) is 12.1 Å². The van der Waals surface area contributed by atoms with E-state index in [4.69, 9.17) is 9.84 Å². The molecule has 0 spiro atoms. The van der Waals surface area contributed by atoms with Gasteiger partial charge in [0.1, 0.15) is 22.9 Å². The first-order chi connectivity index (χ1) is 7.06. The summed E-state index contributed by atoms with van der Waals surface area (Å²) in [6.07, 6.45) is 0.698. The van der Waals surface area contributed by atoms with E-state index in [1.807, 2.05) is 6.92 Å². The number of benzene rings is 1. The summed E-state index contributed by atoms with van der Waals surface area (Å²) in [6.45, 7) is 2.17. The van der Waals surface area contributed by atoms with Crippen molar-refractivity contribution >= 4 is 5.97 Å². The van der Waals surface area contributed by atoms with Gasteiger partial charge in [0.15, 0.2) is 0 Å². The molecule has 0 aliphatic carbocycles. The first-order valence-corrected chi connectivity index (χ1v) is 4.41. The highest BCUT2D eigenvalue weighted by Crippen LogP contribution is 2.20. The van der Waals surface area contributed by atoms with Crippen molar-refractivity contribution in [2.45, 2.75) is 13.3 Å². The molecule has 0 saturated carbocycles. The predicted octanol–water partition coefficient (Wildman–Crippen LogP) is 2.45. The number of aromatic carboxylic acids is 1. The van der Waals surface area contributed by atoms with Crippen LogP contribution in [-0.4, -0.2) is 17.7 Å². The second kappa shape index (κ2) is 4.72. The average molecular weight is 216 g/mol. The topological polar surface area (TPSA) is 46.5 Å². The Labute approximate surface area is 85.3 Å². The summed E-state index contributed by atoms with van der Waals surface area (Å²) in [7, 11) is 0. The molecule has 0 saturated heterocycles. The maximum absolute atomic E-state index is 13.1. The zero-order valence-corrected chi connectivity index (χ0v) is 8.09. The van der Waals surface area contributed by atoms with Gasteiger partial charge in [-0.15, -0.1) is 0 Å². The lowest BCUT2D eigenvalue weighted by molar-refractivity contribution is 0.0686. The Morgan fingerprint density at radius 2 is 1.93 bits per heavy atom. The fraction of sp³-hybridized carbons (Fsp3) is 0.300. The highest BCUT2D eigenvalue weighted by atomic mass is 19.1. The molecule has 0 aliphatic rings. The number of carbonyl (C=O) groups is 1. The molecule has 5 heteroatoms. The third-order valence-electron chi connectivity index (χ3n) is 1.70. The quantitative estimate of drug-likeness (QED) is 0.840. The van der Waals surface area contributed by atoms with Crippen molar-refractivity contribution in [3.05, 3.63) is 29.3 Å². The maximum atomic E-state index is 13.1. The van der Waals surface area contributed by atoms with Gasteiger partial charge in [0.25, 0.3) is 0 Å². The van der Waals surface area contributed by atoms with Crippen LogP contribution in [0, 0.1) is 11.6 Å². The Morgan fingerprint density at radius 3 is 2.33 bits per heavy atom. The number of rotatable bonds is 4. The molecule has 0 aromatic heterocycles. The van der Waals surface area contributed by atoms with E-state index in [1.165, 1.54) is 0 Å². The summed E-state index contributed by atoms with van der Waals surface area (Å²) in [5.41, 5.74) is -0.959. The fourth-order valence-electron chi connectivity index (χ4n) is 1.06. The summed E-state index contributed by atoms with van der Waals surface area (Å²) in [6, 6.07) is 1.73. The van der Waals surface area contributed by atoms with Crippen LogP contribution in [0.3, 0.4) is 0 Å². The second-order valence-electron chi connectivity index (χ2n) is 2.92. The van der Waals surface area contributed by atoms with Crippen molar-refractivity contribution in [1.82, 2.24) is 0 Å². The Hall–Kier alpha value is -1.65. The van der Waals surface area contributed by atoms with Gasteiger partial charge >= 0.3 is 5.97 Å². The number of ether oxygens (including phenoxy) is 1. The van der Waals surface area contributed by atoms with Crippen molar-refractivity contribution in [2.24, 2.45) is 0 Å². The molecular weight excluding hydrogens is 206 g/mol. The first kappa shape index (κ1) is 11.4. The van der Waals surface area contributed by atoms with E-state index in [1.54, 1.807) is 0 Å². The van der Waals surface area contributed by atoms with Crippen molar-refractivity contribution < 1.29 is 23.4 Å². The van der Waals surface area contributed by atoms with Gasteiger partial charge in [0.2, 0.25) is 0 Å². The molecule has 0 amide bonds. The van der Waals surface area contributed by atoms with Crippen LogP contribution in [0.5, 0.6) is 5.75 Å². The maximum Gasteiger partial charge on any atom is 0.341 e. The van der Waals surface area contributed by atoms with Crippen molar-refractivity contribution in [3.8, 4) is 5.75 Å². The lowest BCUT2D eigenvalue weighted by Gasteiger charge is -2.06. The highest BCUT2D eigenvalue weighted by molar-refractivity contribution is 5.88. The standard InChI is InChI=1S/C10H10F2O3/c1-2-3-15-6-4-7(11)9(10(13)14)8(12)5-6/h4-5H,2-3H2,1H3,(H,13,14). The van der Waals surface area contributed by atoms with Crippen LogP contribution in [-0.2, 0) is 0 Å². The number of carboxylic acid groups (broad SMARTS) is 1. The minimum atomic E-state index is -1.63. The van der Waals surface area contributed by atoms with E-state index in [2.05, 4.69) is 0 Å². The van der Waals surface area contributed by atoms with Gasteiger partial charge < -0.3 is 9.84 Å². The molecule has 0 atom stereocenters. The average Bonchev–Trinajstić information content (AvgIpc) is 2.12. The smallest absolute Gasteiger partial charge is 0.341 e. The lowest BCUT2D eigenvalue weighted by Crippen LogP contribution is -2.06. The van der Waals surface area contributed by atoms with Gasteiger partial charge in [-0.1, -0.05) is 6.92 Å². The van der Waals surface area contributed by atoms with Crippen LogP contribution in [0.2, 0.25) is 0 Å². The van der Waals surface area contributed by atoms with Crippen LogP contribution in [0.25, 0.3) is 0 Å². The molecule has 0 fully saturated rings. The van der Waals surface area contributed by atoms with Gasteiger partial charge in [-0.25, -0.2) is 13.6 Å². The van der Waals surface area contributed by atoms with Crippen molar-refractivity contribution in [2.75, 3.05) is 6.61 Å². The molecule has 1 aromatic carbocycles. The summed E-state index contributed by atoms with van der Waals surface area (Å²) in [4.78, 5) is 10.4. The monoisotopic (exact) mass is 216 g/mol. The molecule has 82 valence electrons. The zero-order valence-electron chi connectivity index (χ0n) is 8.09. The number of halogens is 2. The molecular formula is C10H10F2O3. The SMILES string of the molecule is CCCOc1cc(F)c(C(=O)O)c(F)c1. The third kappa shape index (κ3) is 2.65. The van der Waals surface area contributed by atoms with Gasteiger partial charge in [-0.2, -0.15) is 0 Å². The van der Waals surface area contributed by atoms with Crippen LogP contribution in [0.4, 0.5) is 8.78 Å². The normalized spacial score (nSPS) is 10.1. The molecule has 15 heavy (non-hydrogen) atoms. The van der Waals surface area contributed by atoms with E-state index in [0.717, 1.165) is 12.1 Å². The third-order valence-corrected chi connectivity index (χ3v) is 1.70. The molecule has 1 aromatic rings. The molecule has 0 unspecified atom stereocenters. The number of hydrogen-bond acceptors (Lipinski definition) is 2. The Kier molecular flexibility index (Phi) is 3.60. The van der Waals surface area contributed by atoms with Crippen LogP contribution in [0.15, 0.2) is 12.1 Å². The first-order valence-electron chi connectivity index (χ1n) is 4.41. The van der Waals surface area contributed by atoms with Gasteiger partial charge in [-0.05, 0) is 6.42 Å². The number of hydrogen-bond donors (Lipinski definition) is 1. The molecule has 0 aliphatic heterocycles. The minimum absolute atomic E-state index is 0.00292. The summed E-state index contributed by atoms with van der Waals surface area (Å²) >= 11 is 0. The molecule has 0 radical (unpaired) electrons. The van der Waals surface area contributed by atoms with Crippen molar-refractivity contribution in [1.29, 1.82) is 0 Å². The van der Waals surface area contributed by atoms with E-state index < -0.39 is 23.2 Å². The van der Waals surface area contributed by atoms with E-state index in [9.17, 15) is 13.6 Å². The molecule has 3 nitrogen and oxygen atoms in total. The Morgan fingerprint density at radius 1 is 1.40 bits per heavy atom. The van der Waals surface area contributed by atoms with Gasteiger partial charge in [-0.3, -0.25) is 0 Å². The van der Waals surface area contributed by atoms with Crippen LogP contribution in [0.1, 0.15) is 23.7 Å². The van der Waals surface area contributed by atoms with E-state index in [0.29, 0.717) is 13.0 Å². The Balaban J connectivity index is 3.03. The largest absolute Gasteiger partial charge is 0.493 e. The summed E-state index contributed by atoms with van der Waals surface area (Å²) in [5.74, 6) is -3.90. The Bertz CT molecular complexity index is 354. The van der Waals surface area contributed by atoms with Gasteiger partial charge in [0.05, 0.1) is 6.61 Å². The fourth-order valence-corrected chi connectivity index (χ4v) is 1.06. The summed E-state index contributed by atoms with van der Waals surface area (Å²) in [5, 5.41) is 8.49. The minimum Gasteiger partial charge on any atom is -0.493 e. The van der Waals surface area contributed by atoms with E-state index >= 15 is 0 Å². The second-order valence-corrected chi connectivity index (χ2v) is 2.92. The number of carboxylic acids is 1. The van der Waals surface area contributed by atoms with Crippen LogP contribution >= 0.6 is 0 Å². The van der Waals surface area contributed by atoms with E-state index in [-0.39, 0.29) is 5.75 Å². The zero-order chi connectivity index (χ0) is 11.4. The predicted molar refractivity (Wildman–Crippen MR) is 49.1 cm³/mol. The lowest BCUT2D eigenvalue weighted by atomic mass is 10.2. The molecule has 0 bridgehead atoms. The molecule has 1 rings (SSSR count).